The van der Waals surface area contributed by atoms with Crippen LogP contribution in [0.3, 0.4) is 0 Å². The van der Waals surface area contributed by atoms with Crippen LogP contribution in [0.2, 0.25) is 0 Å². The maximum Gasteiger partial charge on any atom is 0.446 e. The van der Waals surface area contributed by atoms with E-state index in [1.165, 1.54) is 6.07 Å². The second kappa shape index (κ2) is 6.17. The largest absolute Gasteiger partial charge is 0.481 e. The Bertz CT molecular complexity index is 540. The highest BCUT2D eigenvalue weighted by Crippen LogP contribution is 2.39. The van der Waals surface area contributed by atoms with Gasteiger partial charge in [0.25, 0.3) is 0 Å². The lowest BCUT2D eigenvalue weighted by Gasteiger charge is -2.12. The second-order valence-electron chi connectivity index (χ2n) is 3.48. The minimum Gasteiger partial charge on any atom is -0.481 e. The molecule has 0 saturated heterocycles. The lowest BCUT2D eigenvalue weighted by Crippen LogP contribution is -2.06. The Morgan fingerprint density at radius 3 is 2.47 bits per heavy atom. The highest BCUT2D eigenvalue weighted by Gasteiger charge is 2.31. The van der Waals surface area contributed by atoms with Crippen molar-refractivity contribution in [2.24, 2.45) is 0 Å². The Hall–Kier alpha value is -1.39. The molecule has 0 aromatic heterocycles. The maximum atomic E-state index is 12.3. The standard InChI is InChI=1S/C11H7ClF3NO2S/c12-4-7-1-8(5-16)9(19-11(13,14)15)2-6(7)3-10(17)18/h1-2H,3-4H2,(H,17,18). The lowest BCUT2D eigenvalue weighted by molar-refractivity contribution is -0.136. The van der Waals surface area contributed by atoms with Crippen molar-refractivity contribution in [1.82, 2.24) is 0 Å². The fourth-order valence-electron chi connectivity index (χ4n) is 1.42. The van der Waals surface area contributed by atoms with Crippen LogP contribution in [-0.2, 0) is 17.1 Å². The van der Waals surface area contributed by atoms with E-state index in [-0.39, 0.29) is 21.9 Å². The van der Waals surface area contributed by atoms with Crippen molar-refractivity contribution in [3.05, 3.63) is 28.8 Å². The molecule has 0 aliphatic rings. The zero-order valence-corrected chi connectivity index (χ0v) is 10.9. The fourth-order valence-corrected chi connectivity index (χ4v) is 2.33. The summed E-state index contributed by atoms with van der Waals surface area (Å²) in [7, 11) is 0. The number of nitriles is 1. The number of benzene rings is 1. The number of aliphatic carboxylic acids is 1. The minimum atomic E-state index is -4.55. The first-order valence-electron chi connectivity index (χ1n) is 4.86. The number of hydrogen-bond acceptors (Lipinski definition) is 3. The molecule has 0 atom stereocenters. The third kappa shape index (κ3) is 4.65. The van der Waals surface area contributed by atoms with E-state index in [0.29, 0.717) is 5.56 Å². The zero-order valence-electron chi connectivity index (χ0n) is 9.29. The van der Waals surface area contributed by atoms with Crippen molar-refractivity contribution in [1.29, 1.82) is 5.26 Å². The van der Waals surface area contributed by atoms with Gasteiger partial charge in [-0.25, -0.2) is 0 Å². The summed E-state index contributed by atoms with van der Waals surface area (Å²) < 4.78 is 37.0. The van der Waals surface area contributed by atoms with Crippen LogP contribution < -0.4 is 0 Å². The van der Waals surface area contributed by atoms with Crippen molar-refractivity contribution in [3.63, 3.8) is 0 Å². The zero-order chi connectivity index (χ0) is 14.6. The normalized spacial score (nSPS) is 11.1. The summed E-state index contributed by atoms with van der Waals surface area (Å²) in [5, 5.41) is 17.5. The van der Waals surface area contributed by atoms with Crippen LogP contribution in [0, 0.1) is 11.3 Å². The Morgan fingerprint density at radius 2 is 2.05 bits per heavy atom. The van der Waals surface area contributed by atoms with E-state index in [1.807, 2.05) is 0 Å². The van der Waals surface area contributed by atoms with Gasteiger partial charge in [0.15, 0.2) is 0 Å². The van der Waals surface area contributed by atoms with Crippen LogP contribution in [0.15, 0.2) is 17.0 Å². The number of carboxylic acids is 1. The number of carbonyl (C=O) groups is 1. The van der Waals surface area contributed by atoms with Crippen molar-refractivity contribution in [2.45, 2.75) is 22.7 Å². The number of halogens is 4. The Kier molecular flexibility index (Phi) is 5.09. The van der Waals surface area contributed by atoms with Gasteiger partial charge in [-0.2, -0.15) is 18.4 Å². The van der Waals surface area contributed by atoms with Crippen LogP contribution in [0.1, 0.15) is 16.7 Å². The van der Waals surface area contributed by atoms with Crippen molar-refractivity contribution >= 4 is 29.3 Å². The second-order valence-corrected chi connectivity index (χ2v) is 4.85. The SMILES string of the molecule is N#Cc1cc(CCl)c(CC(=O)O)cc1SC(F)(F)F. The van der Waals surface area contributed by atoms with Gasteiger partial charge in [0.1, 0.15) is 6.07 Å². The monoisotopic (exact) mass is 309 g/mol. The molecule has 0 spiro atoms. The summed E-state index contributed by atoms with van der Waals surface area (Å²) in [6, 6.07) is 3.90. The molecule has 0 aliphatic heterocycles. The van der Waals surface area contributed by atoms with Crippen molar-refractivity contribution in [2.75, 3.05) is 0 Å². The van der Waals surface area contributed by atoms with Gasteiger partial charge in [-0.15, -0.1) is 11.6 Å². The number of carboxylic acid groups (broad SMARTS) is 1. The number of nitrogens with zero attached hydrogens (tertiary/aromatic N) is 1. The molecule has 3 nitrogen and oxygen atoms in total. The molecule has 1 aromatic rings. The molecular weight excluding hydrogens is 303 g/mol. The molecule has 0 unspecified atom stereocenters. The summed E-state index contributed by atoms with van der Waals surface area (Å²) in [6.45, 7) is 0. The molecule has 19 heavy (non-hydrogen) atoms. The van der Waals surface area contributed by atoms with Crippen LogP contribution in [-0.4, -0.2) is 16.6 Å². The first-order valence-corrected chi connectivity index (χ1v) is 6.21. The molecule has 102 valence electrons. The summed E-state index contributed by atoms with van der Waals surface area (Å²) in [4.78, 5) is 10.3. The number of hydrogen-bond donors (Lipinski definition) is 1. The van der Waals surface area contributed by atoms with Gasteiger partial charge in [0.2, 0.25) is 0 Å². The molecule has 8 heteroatoms. The quantitative estimate of drug-likeness (QED) is 0.682. The molecule has 1 aromatic carbocycles. The first-order chi connectivity index (χ1) is 8.76. The smallest absolute Gasteiger partial charge is 0.446 e. The Balaban J connectivity index is 3.29. The average molecular weight is 310 g/mol. The van der Waals surface area contributed by atoms with Gasteiger partial charge in [-0.05, 0) is 35.0 Å². The van der Waals surface area contributed by atoms with Gasteiger partial charge in [0.05, 0.1) is 12.0 Å². The summed E-state index contributed by atoms with van der Waals surface area (Å²) in [5.41, 5.74) is -4.21. The molecule has 0 radical (unpaired) electrons. The molecule has 0 aliphatic carbocycles. The molecule has 0 heterocycles. The van der Waals surface area contributed by atoms with E-state index in [4.69, 9.17) is 22.0 Å². The van der Waals surface area contributed by atoms with Gasteiger partial charge in [-0.3, -0.25) is 4.79 Å². The summed E-state index contributed by atoms with van der Waals surface area (Å²) >= 11 is 5.15. The van der Waals surface area contributed by atoms with Crippen LogP contribution in [0.25, 0.3) is 0 Å². The number of thioether (sulfide) groups is 1. The molecule has 0 bridgehead atoms. The maximum absolute atomic E-state index is 12.3. The molecular formula is C11H7ClF3NO2S. The van der Waals surface area contributed by atoms with Crippen LogP contribution >= 0.6 is 23.4 Å². The van der Waals surface area contributed by atoms with Crippen molar-refractivity contribution < 1.29 is 23.1 Å². The molecule has 1 rings (SSSR count). The highest BCUT2D eigenvalue weighted by atomic mass is 35.5. The lowest BCUT2D eigenvalue weighted by atomic mass is 10.0. The topological polar surface area (TPSA) is 61.1 Å². The first kappa shape index (κ1) is 15.7. The predicted molar refractivity (Wildman–Crippen MR) is 64.0 cm³/mol. The fraction of sp³-hybridized carbons (Fsp3) is 0.273. The summed E-state index contributed by atoms with van der Waals surface area (Å²) in [5.74, 6) is -1.26. The Morgan fingerprint density at radius 1 is 1.42 bits per heavy atom. The highest BCUT2D eigenvalue weighted by molar-refractivity contribution is 8.00. The number of rotatable bonds is 4. The van der Waals surface area contributed by atoms with E-state index in [9.17, 15) is 18.0 Å². The third-order valence-corrected chi connectivity index (χ3v) is 3.21. The van der Waals surface area contributed by atoms with E-state index in [2.05, 4.69) is 0 Å². The molecule has 0 fully saturated rings. The van der Waals surface area contributed by atoms with Crippen LogP contribution in [0.4, 0.5) is 13.2 Å². The van der Waals surface area contributed by atoms with E-state index >= 15 is 0 Å². The third-order valence-electron chi connectivity index (χ3n) is 2.13. The Labute approximate surface area is 116 Å². The van der Waals surface area contributed by atoms with Gasteiger partial charge < -0.3 is 5.11 Å². The number of alkyl halides is 4. The minimum absolute atomic E-state index is 0.0751. The van der Waals surface area contributed by atoms with E-state index in [0.717, 1.165) is 6.07 Å². The molecule has 0 amide bonds. The predicted octanol–water partition coefficient (Wildman–Crippen LogP) is 3.54. The molecule has 0 saturated carbocycles. The van der Waals surface area contributed by atoms with Gasteiger partial charge in [-0.1, -0.05) is 0 Å². The van der Waals surface area contributed by atoms with Crippen LogP contribution in [0.5, 0.6) is 0 Å². The van der Waals surface area contributed by atoms with Crippen molar-refractivity contribution in [3.8, 4) is 6.07 Å². The van der Waals surface area contributed by atoms with Gasteiger partial charge in [0, 0.05) is 10.8 Å². The van der Waals surface area contributed by atoms with Gasteiger partial charge >= 0.3 is 11.5 Å². The average Bonchev–Trinajstić information content (AvgIpc) is 2.26. The van der Waals surface area contributed by atoms with E-state index in [1.54, 1.807) is 6.07 Å². The molecule has 1 N–H and O–H groups in total. The summed E-state index contributed by atoms with van der Waals surface area (Å²) in [6.07, 6.45) is -0.445. The van der Waals surface area contributed by atoms with E-state index < -0.39 is 29.7 Å².